The molecule has 0 aliphatic carbocycles. The third kappa shape index (κ3) is 4.16. The monoisotopic (exact) mass is 379 g/mol. The normalized spacial score (nSPS) is 15.3. The molecule has 1 aliphatic heterocycles. The van der Waals surface area contributed by atoms with Crippen LogP contribution in [0.4, 0.5) is 4.39 Å². The first-order valence-corrected chi connectivity index (χ1v) is 9.85. The Balaban J connectivity index is 1.70. The largest absolute Gasteiger partial charge is 0.379 e. The number of hydrogen-bond donors (Lipinski definition) is 0. The van der Waals surface area contributed by atoms with Crippen molar-refractivity contribution in [2.45, 2.75) is 26.3 Å². The standard InChI is InChI=1S/C23H26FN3O/c1-17(2)18-3-5-19(6-4-18)23-15-21(16-26-11-13-28-14-12-26)25-27(23)22-9-7-20(24)8-10-22/h3-10,15,17H,11-14,16H2,1-2H3. The maximum Gasteiger partial charge on any atom is 0.123 e. The number of ether oxygens (including phenoxy) is 1. The van der Waals surface area contributed by atoms with Gasteiger partial charge in [-0.05, 0) is 41.8 Å². The van der Waals surface area contributed by atoms with Crippen LogP contribution >= 0.6 is 0 Å². The Morgan fingerprint density at radius 3 is 2.32 bits per heavy atom. The fraction of sp³-hybridized carbons (Fsp3) is 0.348. The zero-order valence-corrected chi connectivity index (χ0v) is 16.4. The highest BCUT2D eigenvalue weighted by atomic mass is 19.1. The number of benzene rings is 2. The minimum absolute atomic E-state index is 0.243. The number of halogens is 1. The first-order chi connectivity index (χ1) is 13.6. The van der Waals surface area contributed by atoms with Gasteiger partial charge in [0, 0.05) is 25.2 Å². The quantitative estimate of drug-likeness (QED) is 0.647. The average Bonchev–Trinajstić information content (AvgIpc) is 3.13. The van der Waals surface area contributed by atoms with Gasteiger partial charge in [-0.15, -0.1) is 0 Å². The number of aromatic nitrogens is 2. The lowest BCUT2D eigenvalue weighted by atomic mass is 10.0. The second-order valence-corrected chi connectivity index (χ2v) is 7.57. The van der Waals surface area contributed by atoms with Gasteiger partial charge in [-0.3, -0.25) is 4.90 Å². The van der Waals surface area contributed by atoms with E-state index in [9.17, 15) is 4.39 Å². The molecule has 4 rings (SSSR count). The lowest BCUT2D eigenvalue weighted by Crippen LogP contribution is -2.35. The predicted molar refractivity (Wildman–Crippen MR) is 109 cm³/mol. The van der Waals surface area contributed by atoms with E-state index in [4.69, 9.17) is 9.84 Å². The van der Waals surface area contributed by atoms with Crippen LogP contribution in [0.5, 0.6) is 0 Å². The van der Waals surface area contributed by atoms with Crippen molar-refractivity contribution in [2.75, 3.05) is 26.3 Å². The third-order valence-electron chi connectivity index (χ3n) is 5.19. The molecule has 0 saturated carbocycles. The molecule has 0 amide bonds. The van der Waals surface area contributed by atoms with E-state index >= 15 is 0 Å². The zero-order chi connectivity index (χ0) is 19.5. The molecule has 5 heteroatoms. The van der Waals surface area contributed by atoms with Gasteiger partial charge in [-0.2, -0.15) is 5.10 Å². The van der Waals surface area contributed by atoms with E-state index in [2.05, 4.69) is 49.1 Å². The maximum atomic E-state index is 13.4. The molecule has 0 N–H and O–H groups in total. The molecule has 1 aliphatic rings. The Morgan fingerprint density at radius 2 is 1.68 bits per heavy atom. The van der Waals surface area contributed by atoms with Gasteiger partial charge in [0.05, 0.1) is 30.3 Å². The van der Waals surface area contributed by atoms with Crippen LogP contribution in [0.25, 0.3) is 16.9 Å². The van der Waals surface area contributed by atoms with Crippen LogP contribution in [-0.2, 0) is 11.3 Å². The highest BCUT2D eigenvalue weighted by molar-refractivity contribution is 5.63. The molecule has 0 atom stereocenters. The summed E-state index contributed by atoms with van der Waals surface area (Å²) in [4.78, 5) is 2.35. The minimum atomic E-state index is -0.243. The van der Waals surface area contributed by atoms with Crippen LogP contribution in [0, 0.1) is 5.82 Å². The van der Waals surface area contributed by atoms with Crippen molar-refractivity contribution in [3.05, 3.63) is 71.7 Å². The zero-order valence-electron chi connectivity index (χ0n) is 16.4. The Morgan fingerprint density at radius 1 is 1.00 bits per heavy atom. The Labute approximate surface area is 165 Å². The molecule has 1 fully saturated rings. The molecular formula is C23H26FN3O. The molecule has 4 nitrogen and oxygen atoms in total. The van der Waals surface area contributed by atoms with Crippen molar-refractivity contribution in [3.8, 4) is 16.9 Å². The van der Waals surface area contributed by atoms with Gasteiger partial charge in [0.1, 0.15) is 5.82 Å². The molecule has 146 valence electrons. The summed E-state index contributed by atoms with van der Waals surface area (Å²) in [6.07, 6.45) is 0. The van der Waals surface area contributed by atoms with Crippen LogP contribution in [0.3, 0.4) is 0 Å². The van der Waals surface area contributed by atoms with Crippen LogP contribution in [0.2, 0.25) is 0 Å². The lowest BCUT2D eigenvalue weighted by Gasteiger charge is -2.25. The number of morpholine rings is 1. The Bertz CT molecular complexity index is 910. The summed E-state index contributed by atoms with van der Waals surface area (Å²) in [5, 5.41) is 4.85. The van der Waals surface area contributed by atoms with Gasteiger partial charge >= 0.3 is 0 Å². The molecule has 0 spiro atoms. The highest BCUT2D eigenvalue weighted by Crippen LogP contribution is 2.27. The SMILES string of the molecule is CC(C)c1ccc(-c2cc(CN3CCOCC3)nn2-c2ccc(F)cc2)cc1. The summed E-state index contributed by atoms with van der Waals surface area (Å²) in [5.74, 6) is 0.250. The molecule has 2 aromatic carbocycles. The first kappa shape index (κ1) is 18.8. The van der Waals surface area contributed by atoms with Crippen molar-refractivity contribution < 1.29 is 9.13 Å². The van der Waals surface area contributed by atoms with E-state index in [1.54, 1.807) is 12.1 Å². The van der Waals surface area contributed by atoms with E-state index in [1.807, 2.05) is 4.68 Å². The molecule has 0 bridgehead atoms. The van der Waals surface area contributed by atoms with E-state index < -0.39 is 0 Å². The molecule has 0 unspecified atom stereocenters. The third-order valence-corrected chi connectivity index (χ3v) is 5.19. The summed E-state index contributed by atoms with van der Waals surface area (Å²) in [6.45, 7) is 8.54. The number of hydrogen-bond acceptors (Lipinski definition) is 3. The molecule has 2 heterocycles. The van der Waals surface area contributed by atoms with Crippen LogP contribution in [-0.4, -0.2) is 41.0 Å². The summed E-state index contributed by atoms with van der Waals surface area (Å²) in [5.41, 5.74) is 5.30. The predicted octanol–water partition coefficient (Wildman–Crippen LogP) is 4.63. The van der Waals surface area contributed by atoms with Crippen LogP contribution in [0.15, 0.2) is 54.6 Å². The van der Waals surface area contributed by atoms with Crippen molar-refractivity contribution in [1.29, 1.82) is 0 Å². The van der Waals surface area contributed by atoms with Gasteiger partial charge < -0.3 is 4.74 Å². The second kappa shape index (κ2) is 8.25. The van der Waals surface area contributed by atoms with Crippen molar-refractivity contribution in [3.63, 3.8) is 0 Å². The number of nitrogens with zero attached hydrogens (tertiary/aromatic N) is 3. The summed E-state index contributed by atoms with van der Waals surface area (Å²) in [7, 11) is 0. The average molecular weight is 379 g/mol. The topological polar surface area (TPSA) is 30.3 Å². The molecule has 28 heavy (non-hydrogen) atoms. The summed E-state index contributed by atoms with van der Waals surface area (Å²) >= 11 is 0. The Kier molecular flexibility index (Phi) is 5.55. The van der Waals surface area contributed by atoms with Crippen molar-refractivity contribution in [1.82, 2.24) is 14.7 Å². The Hall–Kier alpha value is -2.50. The first-order valence-electron chi connectivity index (χ1n) is 9.85. The van der Waals surface area contributed by atoms with Gasteiger partial charge in [-0.25, -0.2) is 9.07 Å². The lowest BCUT2D eigenvalue weighted by molar-refractivity contribution is 0.0336. The van der Waals surface area contributed by atoms with Gasteiger partial charge in [-0.1, -0.05) is 38.1 Å². The maximum absolute atomic E-state index is 13.4. The number of rotatable bonds is 5. The van der Waals surface area contributed by atoms with Crippen LogP contribution < -0.4 is 0 Å². The smallest absolute Gasteiger partial charge is 0.123 e. The summed E-state index contributed by atoms with van der Waals surface area (Å²) in [6, 6.07) is 17.3. The van der Waals surface area contributed by atoms with Crippen LogP contribution in [0.1, 0.15) is 31.0 Å². The van der Waals surface area contributed by atoms with Gasteiger partial charge in [0.25, 0.3) is 0 Å². The fourth-order valence-corrected chi connectivity index (χ4v) is 3.52. The molecule has 1 saturated heterocycles. The highest BCUT2D eigenvalue weighted by Gasteiger charge is 2.16. The van der Waals surface area contributed by atoms with Gasteiger partial charge in [0.2, 0.25) is 0 Å². The van der Waals surface area contributed by atoms with E-state index in [1.165, 1.54) is 17.7 Å². The van der Waals surface area contributed by atoms with Crippen molar-refractivity contribution >= 4 is 0 Å². The van der Waals surface area contributed by atoms with E-state index in [0.717, 1.165) is 55.5 Å². The summed E-state index contributed by atoms with van der Waals surface area (Å²) < 4.78 is 20.8. The van der Waals surface area contributed by atoms with Gasteiger partial charge in [0.15, 0.2) is 0 Å². The molecule has 1 aromatic heterocycles. The molecular weight excluding hydrogens is 353 g/mol. The van der Waals surface area contributed by atoms with E-state index in [0.29, 0.717) is 5.92 Å². The minimum Gasteiger partial charge on any atom is -0.379 e. The molecule has 0 radical (unpaired) electrons. The fourth-order valence-electron chi connectivity index (χ4n) is 3.52. The van der Waals surface area contributed by atoms with Crippen molar-refractivity contribution in [2.24, 2.45) is 0 Å². The second-order valence-electron chi connectivity index (χ2n) is 7.57. The van der Waals surface area contributed by atoms with E-state index in [-0.39, 0.29) is 5.82 Å². The molecule has 3 aromatic rings.